The first-order valence-corrected chi connectivity index (χ1v) is 7.53. The Morgan fingerprint density at radius 2 is 2.20 bits per heavy atom. The van der Waals surface area contributed by atoms with Gasteiger partial charge in [0, 0.05) is 18.3 Å². The normalized spacial score (nSPS) is 22.9. The number of pyridine rings is 1. The molecule has 4 heteroatoms. The third kappa shape index (κ3) is 3.11. The summed E-state index contributed by atoms with van der Waals surface area (Å²) < 4.78 is 0. The second-order valence-corrected chi connectivity index (χ2v) is 5.81. The molecule has 1 aliphatic heterocycles. The van der Waals surface area contributed by atoms with Crippen LogP contribution in [0.2, 0.25) is 0 Å². The van der Waals surface area contributed by atoms with E-state index in [1.807, 2.05) is 0 Å². The van der Waals surface area contributed by atoms with Gasteiger partial charge in [-0.25, -0.2) is 9.78 Å². The number of aryl methyl sites for hydroxylation is 1. The van der Waals surface area contributed by atoms with Gasteiger partial charge in [0.1, 0.15) is 5.82 Å². The Labute approximate surface area is 120 Å². The zero-order chi connectivity index (χ0) is 14.7. The number of carboxylic acid groups (broad SMARTS) is 1. The van der Waals surface area contributed by atoms with Gasteiger partial charge >= 0.3 is 5.97 Å². The van der Waals surface area contributed by atoms with Crippen molar-refractivity contribution in [3.8, 4) is 0 Å². The van der Waals surface area contributed by atoms with E-state index in [0.29, 0.717) is 17.5 Å². The van der Waals surface area contributed by atoms with Gasteiger partial charge in [0.25, 0.3) is 0 Å². The number of rotatable bonds is 4. The Balaban J connectivity index is 2.36. The summed E-state index contributed by atoms with van der Waals surface area (Å²) in [7, 11) is 0. The number of piperidine rings is 1. The van der Waals surface area contributed by atoms with Gasteiger partial charge in [-0.15, -0.1) is 0 Å². The number of anilines is 1. The molecule has 2 rings (SSSR count). The van der Waals surface area contributed by atoms with Gasteiger partial charge in [-0.3, -0.25) is 0 Å². The SMILES string of the molecule is CCCc1cc(C(=O)O)cc(N2CCCC(C)C2C)n1. The Hall–Kier alpha value is -1.58. The highest BCUT2D eigenvalue weighted by atomic mass is 16.4. The lowest BCUT2D eigenvalue weighted by molar-refractivity contribution is 0.0696. The van der Waals surface area contributed by atoms with Crippen LogP contribution in [-0.2, 0) is 6.42 Å². The maximum absolute atomic E-state index is 11.3. The van der Waals surface area contributed by atoms with Crippen LogP contribution in [0.25, 0.3) is 0 Å². The largest absolute Gasteiger partial charge is 0.478 e. The zero-order valence-corrected chi connectivity index (χ0v) is 12.6. The number of carboxylic acids is 1. The van der Waals surface area contributed by atoms with Crippen LogP contribution in [0.5, 0.6) is 0 Å². The molecule has 0 aromatic carbocycles. The van der Waals surface area contributed by atoms with Crippen molar-refractivity contribution in [1.29, 1.82) is 0 Å². The van der Waals surface area contributed by atoms with Crippen molar-refractivity contribution < 1.29 is 9.90 Å². The topological polar surface area (TPSA) is 53.4 Å². The van der Waals surface area contributed by atoms with E-state index in [9.17, 15) is 9.90 Å². The summed E-state index contributed by atoms with van der Waals surface area (Å²) >= 11 is 0. The van der Waals surface area contributed by atoms with Crippen molar-refractivity contribution >= 4 is 11.8 Å². The van der Waals surface area contributed by atoms with Crippen LogP contribution < -0.4 is 4.90 Å². The molecule has 4 nitrogen and oxygen atoms in total. The number of carbonyl (C=O) groups is 1. The molecule has 0 amide bonds. The predicted octanol–water partition coefficient (Wildman–Crippen LogP) is 3.36. The molecule has 1 aromatic rings. The van der Waals surface area contributed by atoms with Crippen molar-refractivity contribution in [1.82, 2.24) is 4.98 Å². The van der Waals surface area contributed by atoms with Crippen molar-refractivity contribution in [3.05, 3.63) is 23.4 Å². The second-order valence-electron chi connectivity index (χ2n) is 5.81. The van der Waals surface area contributed by atoms with E-state index in [1.54, 1.807) is 12.1 Å². The fraction of sp³-hybridized carbons (Fsp3) is 0.625. The summed E-state index contributed by atoms with van der Waals surface area (Å²) in [5.41, 5.74) is 1.23. The molecule has 2 heterocycles. The summed E-state index contributed by atoms with van der Waals surface area (Å²) in [4.78, 5) is 18.2. The number of nitrogens with zero attached hydrogens (tertiary/aromatic N) is 2. The molecule has 1 N–H and O–H groups in total. The molecule has 1 fully saturated rings. The zero-order valence-electron chi connectivity index (χ0n) is 12.6. The first kappa shape index (κ1) is 14.8. The molecule has 0 saturated carbocycles. The van der Waals surface area contributed by atoms with Crippen LogP contribution in [-0.4, -0.2) is 28.6 Å². The summed E-state index contributed by atoms with van der Waals surface area (Å²) in [5.74, 6) is 0.574. The van der Waals surface area contributed by atoms with Gasteiger partial charge in [0.2, 0.25) is 0 Å². The monoisotopic (exact) mass is 276 g/mol. The molecular formula is C16H24N2O2. The molecule has 0 bridgehead atoms. The fourth-order valence-corrected chi connectivity index (χ4v) is 2.89. The molecular weight excluding hydrogens is 252 g/mol. The van der Waals surface area contributed by atoms with E-state index < -0.39 is 5.97 Å². The Morgan fingerprint density at radius 1 is 1.45 bits per heavy atom. The minimum absolute atomic E-state index is 0.351. The lowest BCUT2D eigenvalue weighted by Gasteiger charge is -2.39. The average Bonchev–Trinajstić information content (AvgIpc) is 2.42. The number of hydrogen-bond donors (Lipinski definition) is 1. The van der Waals surface area contributed by atoms with Gasteiger partial charge in [-0.2, -0.15) is 0 Å². The summed E-state index contributed by atoms with van der Waals surface area (Å²) in [5, 5.41) is 9.27. The summed E-state index contributed by atoms with van der Waals surface area (Å²) in [6.45, 7) is 7.51. The minimum Gasteiger partial charge on any atom is -0.478 e. The van der Waals surface area contributed by atoms with Gasteiger partial charge in [-0.1, -0.05) is 20.3 Å². The molecule has 1 aromatic heterocycles. The maximum atomic E-state index is 11.3. The lowest BCUT2D eigenvalue weighted by atomic mass is 9.92. The van der Waals surface area contributed by atoms with Crippen molar-refractivity contribution in [2.24, 2.45) is 5.92 Å². The Bertz CT molecular complexity index is 487. The predicted molar refractivity (Wildman–Crippen MR) is 80.4 cm³/mol. The van der Waals surface area contributed by atoms with Crippen molar-refractivity contribution in [3.63, 3.8) is 0 Å². The number of aromatic nitrogens is 1. The van der Waals surface area contributed by atoms with Crippen molar-refractivity contribution in [2.75, 3.05) is 11.4 Å². The fourth-order valence-electron chi connectivity index (χ4n) is 2.89. The van der Waals surface area contributed by atoms with Crippen molar-refractivity contribution in [2.45, 2.75) is 52.5 Å². The average molecular weight is 276 g/mol. The first-order valence-electron chi connectivity index (χ1n) is 7.53. The van der Waals surface area contributed by atoms with E-state index in [2.05, 4.69) is 30.7 Å². The molecule has 2 atom stereocenters. The minimum atomic E-state index is -0.872. The van der Waals surface area contributed by atoms with Crippen LogP contribution in [0.3, 0.4) is 0 Å². The number of aromatic carboxylic acids is 1. The Kier molecular flexibility index (Phi) is 4.63. The lowest BCUT2D eigenvalue weighted by Crippen LogP contribution is -2.43. The van der Waals surface area contributed by atoms with Crippen LogP contribution in [0, 0.1) is 5.92 Å². The third-order valence-electron chi connectivity index (χ3n) is 4.29. The highest BCUT2D eigenvalue weighted by Gasteiger charge is 2.26. The smallest absolute Gasteiger partial charge is 0.335 e. The molecule has 20 heavy (non-hydrogen) atoms. The van der Waals surface area contributed by atoms with Crippen LogP contribution in [0.4, 0.5) is 5.82 Å². The summed E-state index contributed by atoms with van der Waals surface area (Å²) in [6.07, 6.45) is 4.18. The number of hydrogen-bond acceptors (Lipinski definition) is 3. The van der Waals surface area contributed by atoms with Gasteiger partial charge in [-0.05, 0) is 44.2 Å². The highest BCUT2D eigenvalue weighted by Crippen LogP contribution is 2.28. The quantitative estimate of drug-likeness (QED) is 0.916. The van der Waals surface area contributed by atoms with Crippen LogP contribution in [0.15, 0.2) is 12.1 Å². The summed E-state index contributed by atoms with van der Waals surface area (Å²) in [6, 6.07) is 3.83. The van der Waals surface area contributed by atoms with Crippen LogP contribution in [0.1, 0.15) is 56.1 Å². The van der Waals surface area contributed by atoms with Gasteiger partial charge in [0.15, 0.2) is 0 Å². The van der Waals surface area contributed by atoms with E-state index in [-0.39, 0.29) is 0 Å². The van der Waals surface area contributed by atoms with Gasteiger partial charge in [0.05, 0.1) is 5.56 Å². The maximum Gasteiger partial charge on any atom is 0.335 e. The molecule has 2 unspecified atom stereocenters. The molecule has 1 saturated heterocycles. The van der Waals surface area contributed by atoms with E-state index in [4.69, 9.17) is 0 Å². The molecule has 1 aliphatic rings. The Morgan fingerprint density at radius 3 is 2.85 bits per heavy atom. The molecule has 0 spiro atoms. The second kappa shape index (κ2) is 6.25. The molecule has 0 radical (unpaired) electrons. The highest BCUT2D eigenvalue weighted by molar-refractivity contribution is 5.88. The van der Waals surface area contributed by atoms with E-state index in [0.717, 1.165) is 37.3 Å². The third-order valence-corrected chi connectivity index (χ3v) is 4.29. The first-order chi connectivity index (χ1) is 9.52. The van der Waals surface area contributed by atoms with E-state index in [1.165, 1.54) is 6.42 Å². The van der Waals surface area contributed by atoms with Crippen LogP contribution >= 0.6 is 0 Å². The van der Waals surface area contributed by atoms with E-state index >= 15 is 0 Å². The molecule has 110 valence electrons. The molecule has 0 aliphatic carbocycles. The van der Waals surface area contributed by atoms with Gasteiger partial charge < -0.3 is 10.0 Å². The standard InChI is InChI=1S/C16H24N2O2/c1-4-6-14-9-13(16(19)20)10-15(17-14)18-8-5-7-11(2)12(18)3/h9-12H,4-8H2,1-3H3,(H,19,20).